The van der Waals surface area contributed by atoms with Crippen molar-refractivity contribution in [2.24, 2.45) is 0 Å². The number of rotatable bonds is 2. The van der Waals surface area contributed by atoms with E-state index >= 15 is 0 Å². The Morgan fingerprint density at radius 1 is 1.35 bits per heavy atom. The molecule has 2 N–H and O–H groups in total. The van der Waals surface area contributed by atoms with E-state index in [9.17, 15) is 15.0 Å². The van der Waals surface area contributed by atoms with Crippen LogP contribution in [0.15, 0.2) is 0 Å². The lowest BCUT2D eigenvalue weighted by molar-refractivity contribution is -0.322. The van der Waals surface area contributed by atoms with Crippen LogP contribution >= 0.6 is 0 Å². The van der Waals surface area contributed by atoms with E-state index in [2.05, 4.69) is 0 Å². The Bertz CT molecular complexity index is 294. The van der Waals surface area contributed by atoms with Gasteiger partial charge in [-0.05, 0) is 6.92 Å². The minimum atomic E-state index is -1.07. The van der Waals surface area contributed by atoms with Gasteiger partial charge in [0.2, 0.25) is 0 Å². The van der Waals surface area contributed by atoms with Crippen molar-refractivity contribution in [2.75, 3.05) is 13.7 Å². The molecule has 0 aliphatic carbocycles. The number of esters is 1. The Kier molecular flexibility index (Phi) is 3.64. The molecule has 0 aromatic carbocycles. The van der Waals surface area contributed by atoms with Gasteiger partial charge in [-0.2, -0.15) is 0 Å². The molecule has 0 aromatic heterocycles. The third-order valence-corrected chi connectivity index (χ3v) is 2.97. The maximum absolute atomic E-state index is 11.4. The number of aliphatic hydroxyl groups excluding tert-OH is 2. The van der Waals surface area contributed by atoms with Crippen LogP contribution in [0, 0.1) is 0 Å². The molecule has 0 bridgehead atoms. The van der Waals surface area contributed by atoms with E-state index < -0.39 is 42.8 Å². The second kappa shape index (κ2) is 4.87. The summed E-state index contributed by atoms with van der Waals surface area (Å²) in [6, 6.07) is 0. The van der Waals surface area contributed by atoms with Crippen molar-refractivity contribution < 1.29 is 34.0 Å². The van der Waals surface area contributed by atoms with E-state index in [1.54, 1.807) is 0 Å². The van der Waals surface area contributed by atoms with Crippen molar-refractivity contribution in [3.63, 3.8) is 0 Å². The second-order valence-corrected chi connectivity index (χ2v) is 4.10. The molecule has 7 nitrogen and oxygen atoms in total. The molecule has 0 amide bonds. The zero-order chi connectivity index (χ0) is 12.6. The normalized spacial score (nSPS) is 46.2. The molecule has 0 unspecified atom stereocenters. The summed E-state index contributed by atoms with van der Waals surface area (Å²) < 4.78 is 20.7. The molecule has 2 aliphatic rings. The largest absolute Gasteiger partial charge is 0.455 e. The number of aliphatic hydroxyl groups is 2. The SMILES string of the molecule is CO[C@H]1O[C@H](CO)[C@H]2OC(=O)[C@H](C)O[C@@H]2[C@@H]1O. The van der Waals surface area contributed by atoms with Crippen LogP contribution in [0.3, 0.4) is 0 Å². The van der Waals surface area contributed by atoms with Crippen molar-refractivity contribution in [3.05, 3.63) is 0 Å². The number of hydrogen-bond donors (Lipinski definition) is 2. The second-order valence-electron chi connectivity index (χ2n) is 4.10. The predicted molar refractivity (Wildman–Crippen MR) is 53.0 cm³/mol. The van der Waals surface area contributed by atoms with Crippen molar-refractivity contribution in [1.29, 1.82) is 0 Å². The topological polar surface area (TPSA) is 94.5 Å². The summed E-state index contributed by atoms with van der Waals surface area (Å²) in [4.78, 5) is 11.4. The molecule has 2 heterocycles. The molecule has 17 heavy (non-hydrogen) atoms. The number of methoxy groups -OCH3 is 1. The third kappa shape index (κ3) is 2.16. The van der Waals surface area contributed by atoms with E-state index in [0.717, 1.165) is 0 Å². The molecule has 0 spiro atoms. The van der Waals surface area contributed by atoms with Gasteiger partial charge < -0.3 is 29.2 Å². The molecule has 2 rings (SSSR count). The Balaban J connectivity index is 2.18. The fourth-order valence-electron chi connectivity index (χ4n) is 2.05. The first-order valence-electron chi connectivity index (χ1n) is 5.41. The summed E-state index contributed by atoms with van der Waals surface area (Å²) in [5.74, 6) is -0.531. The van der Waals surface area contributed by atoms with Crippen LogP contribution < -0.4 is 0 Å². The zero-order valence-corrected chi connectivity index (χ0v) is 9.61. The molecule has 0 saturated carbocycles. The lowest BCUT2D eigenvalue weighted by Crippen LogP contribution is -2.64. The first-order valence-corrected chi connectivity index (χ1v) is 5.41. The first-order chi connectivity index (χ1) is 8.08. The monoisotopic (exact) mass is 248 g/mol. The molecule has 0 radical (unpaired) electrons. The van der Waals surface area contributed by atoms with Gasteiger partial charge in [-0.25, -0.2) is 4.79 Å². The predicted octanol–water partition coefficient (Wildman–Crippen LogP) is -1.59. The molecule has 2 fully saturated rings. The molecule has 0 aromatic rings. The third-order valence-electron chi connectivity index (χ3n) is 2.97. The highest BCUT2D eigenvalue weighted by Gasteiger charge is 2.52. The number of carbonyl (C=O) groups is 1. The standard InChI is InChI=1S/C10H16O7/c1-4-9(13)17-7-5(3-11)16-10(14-2)6(12)8(7)15-4/h4-8,10-12H,3H2,1-2H3/t4-,5+,6-,7+,8+,10-/m0/s1. The lowest BCUT2D eigenvalue weighted by Gasteiger charge is -2.46. The smallest absolute Gasteiger partial charge is 0.335 e. The fraction of sp³-hybridized carbons (Fsp3) is 0.900. The highest BCUT2D eigenvalue weighted by Crippen LogP contribution is 2.30. The molecule has 7 heteroatoms. The van der Waals surface area contributed by atoms with Gasteiger partial charge in [0.15, 0.2) is 18.5 Å². The number of fused-ring (bicyclic) bond motifs is 1. The van der Waals surface area contributed by atoms with Crippen LogP contribution in [-0.4, -0.2) is 66.7 Å². The molecule has 98 valence electrons. The van der Waals surface area contributed by atoms with Gasteiger partial charge in [0.1, 0.15) is 18.3 Å². The molecular formula is C10H16O7. The summed E-state index contributed by atoms with van der Waals surface area (Å²) >= 11 is 0. The quantitative estimate of drug-likeness (QED) is 0.569. The Hall–Kier alpha value is -0.730. The maximum atomic E-state index is 11.4. The summed E-state index contributed by atoms with van der Waals surface area (Å²) in [5, 5.41) is 19.1. The minimum Gasteiger partial charge on any atom is -0.455 e. The molecule has 2 aliphatic heterocycles. The fourth-order valence-corrected chi connectivity index (χ4v) is 2.05. The zero-order valence-electron chi connectivity index (χ0n) is 9.61. The maximum Gasteiger partial charge on any atom is 0.335 e. The average molecular weight is 248 g/mol. The van der Waals surface area contributed by atoms with E-state index in [-0.39, 0.29) is 6.61 Å². The van der Waals surface area contributed by atoms with Gasteiger partial charge in [-0.3, -0.25) is 0 Å². The van der Waals surface area contributed by atoms with E-state index in [4.69, 9.17) is 18.9 Å². The highest BCUT2D eigenvalue weighted by atomic mass is 16.7. The first kappa shape index (κ1) is 12.7. The van der Waals surface area contributed by atoms with Crippen molar-refractivity contribution in [2.45, 2.75) is 43.7 Å². The van der Waals surface area contributed by atoms with Crippen LogP contribution in [0.2, 0.25) is 0 Å². The van der Waals surface area contributed by atoms with Crippen molar-refractivity contribution in [3.8, 4) is 0 Å². The minimum absolute atomic E-state index is 0.348. The van der Waals surface area contributed by atoms with Crippen LogP contribution in [0.1, 0.15) is 6.92 Å². The van der Waals surface area contributed by atoms with Crippen LogP contribution in [0.25, 0.3) is 0 Å². The van der Waals surface area contributed by atoms with E-state index in [0.29, 0.717) is 0 Å². The van der Waals surface area contributed by atoms with E-state index in [1.165, 1.54) is 14.0 Å². The van der Waals surface area contributed by atoms with Gasteiger partial charge in [0, 0.05) is 7.11 Å². The Morgan fingerprint density at radius 3 is 2.65 bits per heavy atom. The summed E-state index contributed by atoms with van der Waals surface area (Å²) in [6.07, 6.45) is -5.05. The molecular weight excluding hydrogens is 232 g/mol. The van der Waals surface area contributed by atoms with Crippen molar-refractivity contribution in [1.82, 2.24) is 0 Å². The summed E-state index contributed by atoms with van der Waals surface area (Å²) in [7, 11) is 1.38. The Labute approximate surface area is 98.2 Å². The molecule has 6 atom stereocenters. The van der Waals surface area contributed by atoms with Gasteiger partial charge >= 0.3 is 5.97 Å². The number of ether oxygens (including phenoxy) is 4. The van der Waals surface area contributed by atoms with Gasteiger partial charge in [-0.15, -0.1) is 0 Å². The molecule has 2 saturated heterocycles. The van der Waals surface area contributed by atoms with Gasteiger partial charge in [-0.1, -0.05) is 0 Å². The number of carbonyl (C=O) groups excluding carboxylic acids is 1. The van der Waals surface area contributed by atoms with Crippen LogP contribution in [0.5, 0.6) is 0 Å². The summed E-state index contributed by atoms with van der Waals surface area (Å²) in [6.45, 7) is 1.19. The van der Waals surface area contributed by atoms with Gasteiger partial charge in [0.05, 0.1) is 6.61 Å². The number of hydrogen-bond acceptors (Lipinski definition) is 7. The van der Waals surface area contributed by atoms with Crippen molar-refractivity contribution >= 4 is 5.97 Å². The lowest BCUT2D eigenvalue weighted by atomic mass is 9.97. The van der Waals surface area contributed by atoms with E-state index in [1.807, 2.05) is 0 Å². The highest BCUT2D eigenvalue weighted by molar-refractivity contribution is 5.75. The van der Waals surface area contributed by atoms with Gasteiger partial charge in [0.25, 0.3) is 0 Å². The van der Waals surface area contributed by atoms with Crippen LogP contribution in [0.4, 0.5) is 0 Å². The summed E-state index contributed by atoms with van der Waals surface area (Å²) in [5.41, 5.74) is 0. The average Bonchev–Trinajstić information content (AvgIpc) is 2.32. The Morgan fingerprint density at radius 2 is 2.06 bits per heavy atom. The van der Waals surface area contributed by atoms with Crippen LogP contribution in [-0.2, 0) is 23.7 Å².